The predicted octanol–water partition coefficient (Wildman–Crippen LogP) is 3.92. The van der Waals surface area contributed by atoms with E-state index < -0.39 is 0 Å². The first-order valence-corrected chi connectivity index (χ1v) is 4.43. The Bertz CT molecular complexity index is 109. The second-order valence-corrected chi connectivity index (χ2v) is 2.84. The van der Waals surface area contributed by atoms with Gasteiger partial charge in [0.1, 0.15) is 0 Å². The molecule has 0 atom stereocenters. The fraction of sp³-hybridized carbons (Fsp3) is 0.800. The summed E-state index contributed by atoms with van der Waals surface area (Å²) in [5.41, 5.74) is 3.27. The minimum absolute atomic E-state index is 1.23. The molecule has 0 bridgehead atoms. The van der Waals surface area contributed by atoms with Crippen molar-refractivity contribution in [3.63, 3.8) is 0 Å². The van der Waals surface area contributed by atoms with Crippen molar-refractivity contribution in [2.45, 2.75) is 53.4 Å². The second-order valence-electron chi connectivity index (χ2n) is 2.84. The van der Waals surface area contributed by atoms with Gasteiger partial charge in [0.2, 0.25) is 0 Å². The molecule has 0 spiro atoms. The molecule has 0 nitrogen and oxygen atoms in total. The van der Waals surface area contributed by atoms with Crippen LogP contribution in [0.4, 0.5) is 0 Å². The van der Waals surface area contributed by atoms with E-state index in [4.69, 9.17) is 0 Å². The van der Waals surface area contributed by atoms with E-state index in [1.165, 1.54) is 25.7 Å². The molecule has 0 aromatic rings. The summed E-state index contributed by atoms with van der Waals surface area (Å²) in [7, 11) is 0. The summed E-state index contributed by atoms with van der Waals surface area (Å²) in [5, 5.41) is 0. The summed E-state index contributed by atoms with van der Waals surface area (Å²) in [6.45, 7) is 9.00. The maximum Gasteiger partial charge on any atom is -0.0320 e. The molecule has 0 amide bonds. The van der Waals surface area contributed by atoms with Gasteiger partial charge in [0.05, 0.1) is 0 Å². The van der Waals surface area contributed by atoms with E-state index in [1.807, 2.05) is 0 Å². The Morgan fingerprint density at radius 1 is 1.00 bits per heavy atom. The third-order valence-corrected chi connectivity index (χ3v) is 2.11. The lowest BCUT2D eigenvalue weighted by Crippen LogP contribution is -1.85. The standard InChI is InChI=1S/C10H20/c1-5-8-10(7-3)9(4)6-2/h5-8H2,1-4H3/b10-9+. The summed E-state index contributed by atoms with van der Waals surface area (Å²) >= 11 is 0. The maximum absolute atomic E-state index is 2.26. The van der Waals surface area contributed by atoms with E-state index in [-0.39, 0.29) is 0 Å². The highest BCUT2D eigenvalue weighted by molar-refractivity contribution is 5.10. The van der Waals surface area contributed by atoms with Crippen LogP contribution in [0.1, 0.15) is 53.4 Å². The van der Waals surface area contributed by atoms with Crippen molar-refractivity contribution in [2.75, 3.05) is 0 Å². The highest BCUT2D eigenvalue weighted by Crippen LogP contribution is 2.16. The highest BCUT2D eigenvalue weighted by atomic mass is 14.0. The molecule has 0 fully saturated rings. The van der Waals surface area contributed by atoms with Gasteiger partial charge in [0.15, 0.2) is 0 Å². The van der Waals surface area contributed by atoms with Crippen molar-refractivity contribution in [1.29, 1.82) is 0 Å². The van der Waals surface area contributed by atoms with Crippen molar-refractivity contribution in [1.82, 2.24) is 0 Å². The Morgan fingerprint density at radius 2 is 1.60 bits per heavy atom. The van der Waals surface area contributed by atoms with Crippen molar-refractivity contribution in [3.05, 3.63) is 11.1 Å². The summed E-state index contributed by atoms with van der Waals surface area (Å²) in [4.78, 5) is 0. The molecule has 0 saturated heterocycles. The SMILES string of the molecule is CCC/C(CC)=C(\C)CC. The first-order valence-electron chi connectivity index (χ1n) is 4.43. The largest absolute Gasteiger partial charge is 0.0744 e. The second kappa shape index (κ2) is 5.52. The van der Waals surface area contributed by atoms with Gasteiger partial charge in [-0.25, -0.2) is 0 Å². The minimum Gasteiger partial charge on any atom is -0.0744 e. The molecule has 0 radical (unpaired) electrons. The van der Waals surface area contributed by atoms with Crippen LogP contribution in [0, 0.1) is 0 Å². The van der Waals surface area contributed by atoms with Gasteiger partial charge >= 0.3 is 0 Å². The normalized spacial score (nSPS) is 13.2. The molecule has 10 heavy (non-hydrogen) atoms. The zero-order chi connectivity index (χ0) is 7.98. The van der Waals surface area contributed by atoms with Gasteiger partial charge in [-0.1, -0.05) is 38.3 Å². The fourth-order valence-corrected chi connectivity index (χ4v) is 1.24. The van der Waals surface area contributed by atoms with E-state index >= 15 is 0 Å². The van der Waals surface area contributed by atoms with Gasteiger partial charge in [-0.3, -0.25) is 0 Å². The lowest BCUT2D eigenvalue weighted by atomic mass is 10.0. The molecule has 0 aliphatic heterocycles. The smallest absolute Gasteiger partial charge is 0.0320 e. The average molecular weight is 140 g/mol. The van der Waals surface area contributed by atoms with E-state index in [1.54, 1.807) is 11.1 Å². The summed E-state index contributed by atoms with van der Waals surface area (Å²) in [5.74, 6) is 0. The number of allylic oxidation sites excluding steroid dienone is 2. The zero-order valence-corrected chi connectivity index (χ0v) is 7.83. The molecule has 0 unspecified atom stereocenters. The number of rotatable bonds is 4. The molecular formula is C10H20. The lowest BCUT2D eigenvalue weighted by molar-refractivity contribution is 0.827. The van der Waals surface area contributed by atoms with Crippen LogP contribution in [-0.4, -0.2) is 0 Å². The number of hydrogen-bond acceptors (Lipinski definition) is 0. The van der Waals surface area contributed by atoms with Crippen LogP contribution in [0.15, 0.2) is 11.1 Å². The van der Waals surface area contributed by atoms with Crippen LogP contribution in [-0.2, 0) is 0 Å². The lowest BCUT2D eigenvalue weighted by Gasteiger charge is -2.06. The van der Waals surface area contributed by atoms with Crippen LogP contribution >= 0.6 is 0 Å². The van der Waals surface area contributed by atoms with E-state index in [9.17, 15) is 0 Å². The molecule has 0 aromatic heterocycles. The van der Waals surface area contributed by atoms with Gasteiger partial charge in [0, 0.05) is 0 Å². The van der Waals surface area contributed by atoms with Crippen LogP contribution in [0.5, 0.6) is 0 Å². The van der Waals surface area contributed by atoms with Gasteiger partial charge in [0.25, 0.3) is 0 Å². The molecule has 0 aliphatic rings. The zero-order valence-electron chi connectivity index (χ0n) is 7.83. The van der Waals surface area contributed by atoms with E-state index in [0.29, 0.717) is 0 Å². The van der Waals surface area contributed by atoms with E-state index in [2.05, 4.69) is 27.7 Å². The summed E-state index contributed by atoms with van der Waals surface area (Å²) in [6, 6.07) is 0. The van der Waals surface area contributed by atoms with Crippen molar-refractivity contribution in [2.24, 2.45) is 0 Å². The monoisotopic (exact) mass is 140 g/mol. The number of hydrogen-bond donors (Lipinski definition) is 0. The fourth-order valence-electron chi connectivity index (χ4n) is 1.24. The van der Waals surface area contributed by atoms with Crippen LogP contribution in [0.2, 0.25) is 0 Å². The molecule has 0 aromatic carbocycles. The van der Waals surface area contributed by atoms with Crippen molar-refractivity contribution >= 4 is 0 Å². The van der Waals surface area contributed by atoms with Gasteiger partial charge in [-0.15, -0.1) is 0 Å². The Labute approximate surface area is 65.3 Å². The first-order chi connectivity index (χ1) is 4.76. The summed E-state index contributed by atoms with van der Waals surface area (Å²) in [6.07, 6.45) is 5.06. The maximum atomic E-state index is 2.26. The Hall–Kier alpha value is -0.260. The summed E-state index contributed by atoms with van der Waals surface area (Å²) < 4.78 is 0. The highest BCUT2D eigenvalue weighted by Gasteiger charge is 1.95. The Balaban J connectivity index is 4.00. The first kappa shape index (κ1) is 9.74. The molecule has 0 aliphatic carbocycles. The van der Waals surface area contributed by atoms with Crippen LogP contribution in [0.25, 0.3) is 0 Å². The molecule has 60 valence electrons. The molecular weight excluding hydrogens is 120 g/mol. The van der Waals surface area contributed by atoms with Crippen molar-refractivity contribution in [3.8, 4) is 0 Å². The molecule has 0 N–H and O–H groups in total. The van der Waals surface area contributed by atoms with Gasteiger partial charge in [-0.05, 0) is 26.2 Å². The van der Waals surface area contributed by atoms with Gasteiger partial charge < -0.3 is 0 Å². The van der Waals surface area contributed by atoms with Crippen LogP contribution in [0.3, 0.4) is 0 Å². The van der Waals surface area contributed by atoms with Gasteiger partial charge in [-0.2, -0.15) is 0 Å². The predicted molar refractivity (Wildman–Crippen MR) is 48.2 cm³/mol. The third kappa shape index (κ3) is 3.05. The third-order valence-electron chi connectivity index (χ3n) is 2.11. The van der Waals surface area contributed by atoms with E-state index in [0.717, 1.165) is 0 Å². The Morgan fingerprint density at radius 3 is 1.90 bits per heavy atom. The molecule has 0 saturated carbocycles. The Kier molecular flexibility index (Phi) is 5.38. The molecule has 0 rings (SSSR count). The average Bonchev–Trinajstić information content (AvgIpc) is 1.99. The quantitative estimate of drug-likeness (QED) is 0.519. The van der Waals surface area contributed by atoms with Crippen molar-refractivity contribution < 1.29 is 0 Å². The molecule has 0 heteroatoms. The topological polar surface area (TPSA) is 0 Å². The van der Waals surface area contributed by atoms with Crippen LogP contribution < -0.4 is 0 Å². The minimum atomic E-state index is 1.23. The molecule has 0 heterocycles.